The SMILES string of the molecule is CC1CCCC(C#N)(NC(=O)c2ccc3c(c2)OCCCO3)C1. The molecule has 122 valence electrons. The van der Waals surface area contributed by atoms with Gasteiger partial charge in [0.15, 0.2) is 11.5 Å². The fourth-order valence-electron chi connectivity index (χ4n) is 3.39. The van der Waals surface area contributed by atoms with Crippen LogP contribution in [0.15, 0.2) is 18.2 Å². The van der Waals surface area contributed by atoms with Crippen molar-refractivity contribution in [2.75, 3.05) is 13.2 Å². The summed E-state index contributed by atoms with van der Waals surface area (Å²) in [5.74, 6) is 1.49. The summed E-state index contributed by atoms with van der Waals surface area (Å²) in [6.07, 6.45) is 4.33. The molecular formula is C18H22N2O3. The second kappa shape index (κ2) is 6.49. The Morgan fingerprint density at radius 1 is 1.30 bits per heavy atom. The zero-order valence-electron chi connectivity index (χ0n) is 13.4. The lowest BCUT2D eigenvalue weighted by Gasteiger charge is -2.35. The largest absolute Gasteiger partial charge is 0.490 e. The van der Waals surface area contributed by atoms with E-state index in [-0.39, 0.29) is 5.91 Å². The summed E-state index contributed by atoms with van der Waals surface area (Å²) in [4.78, 5) is 12.6. The van der Waals surface area contributed by atoms with Gasteiger partial charge in [-0.25, -0.2) is 0 Å². The van der Waals surface area contributed by atoms with Crippen molar-refractivity contribution in [2.24, 2.45) is 5.92 Å². The first-order valence-corrected chi connectivity index (χ1v) is 8.25. The van der Waals surface area contributed by atoms with Crippen LogP contribution in [0.5, 0.6) is 11.5 Å². The maximum atomic E-state index is 12.6. The molecule has 0 spiro atoms. The number of nitrogens with zero attached hydrogens (tertiary/aromatic N) is 1. The Hall–Kier alpha value is -2.22. The molecule has 1 N–H and O–H groups in total. The Labute approximate surface area is 136 Å². The lowest BCUT2D eigenvalue weighted by molar-refractivity contribution is 0.0890. The van der Waals surface area contributed by atoms with Crippen LogP contribution in [-0.2, 0) is 0 Å². The highest BCUT2D eigenvalue weighted by Crippen LogP contribution is 2.33. The van der Waals surface area contributed by atoms with Crippen molar-refractivity contribution in [2.45, 2.75) is 44.6 Å². The number of rotatable bonds is 2. The maximum Gasteiger partial charge on any atom is 0.252 e. The Morgan fingerprint density at radius 3 is 2.83 bits per heavy atom. The number of amides is 1. The molecule has 2 aliphatic rings. The molecule has 0 aromatic heterocycles. The molecule has 23 heavy (non-hydrogen) atoms. The minimum absolute atomic E-state index is 0.226. The van der Waals surface area contributed by atoms with Crippen LogP contribution in [0.1, 0.15) is 49.4 Å². The maximum absolute atomic E-state index is 12.6. The number of carbonyl (C=O) groups is 1. The summed E-state index contributed by atoms with van der Waals surface area (Å²) < 4.78 is 11.2. The van der Waals surface area contributed by atoms with E-state index in [1.54, 1.807) is 18.2 Å². The smallest absolute Gasteiger partial charge is 0.252 e. The number of benzene rings is 1. The molecule has 1 fully saturated rings. The van der Waals surface area contributed by atoms with Crippen LogP contribution in [0.25, 0.3) is 0 Å². The van der Waals surface area contributed by atoms with Gasteiger partial charge in [-0.15, -0.1) is 0 Å². The number of hydrogen-bond donors (Lipinski definition) is 1. The van der Waals surface area contributed by atoms with Gasteiger partial charge >= 0.3 is 0 Å². The van der Waals surface area contributed by atoms with E-state index >= 15 is 0 Å². The van der Waals surface area contributed by atoms with Crippen molar-refractivity contribution in [1.82, 2.24) is 5.32 Å². The third-order valence-corrected chi connectivity index (χ3v) is 4.57. The molecular weight excluding hydrogens is 292 g/mol. The zero-order valence-corrected chi connectivity index (χ0v) is 13.4. The molecule has 0 bridgehead atoms. The second-order valence-electron chi connectivity index (χ2n) is 6.56. The lowest BCUT2D eigenvalue weighted by atomic mass is 9.77. The molecule has 0 radical (unpaired) electrons. The third kappa shape index (κ3) is 3.42. The normalized spacial score (nSPS) is 26.7. The standard InChI is InChI=1S/C18H22N2O3/c1-13-4-2-7-18(11-13,12-19)20-17(21)14-5-6-15-16(10-14)23-9-3-8-22-15/h5-6,10,13H,2-4,7-9,11H2,1H3,(H,20,21). The molecule has 1 aromatic rings. The van der Waals surface area contributed by atoms with Gasteiger partial charge in [0.25, 0.3) is 5.91 Å². The van der Waals surface area contributed by atoms with Crippen LogP contribution in [-0.4, -0.2) is 24.7 Å². The van der Waals surface area contributed by atoms with Crippen molar-refractivity contribution in [3.05, 3.63) is 23.8 Å². The van der Waals surface area contributed by atoms with E-state index in [1.165, 1.54) is 0 Å². The molecule has 0 saturated heterocycles. The third-order valence-electron chi connectivity index (χ3n) is 4.57. The van der Waals surface area contributed by atoms with Crippen molar-refractivity contribution in [3.8, 4) is 17.6 Å². The monoisotopic (exact) mass is 314 g/mol. The van der Waals surface area contributed by atoms with Crippen molar-refractivity contribution >= 4 is 5.91 Å². The van der Waals surface area contributed by atoms with Crippen LogP contribution < -0.4 is 14.8 Å². The highest BCUT2D eigenvalue weighted by Gasteiger charge is 2.36. The summed E-state index contributed by atoms with van der Waals surface area (Å²) >= 11 is 0. The molecule has 1 aliphatic heterocycles. The number of fused-ring (bicyclic) bond motifs is 1. The minimum Gasteiger partial charge on any atom is -0.490 e. The van der Waals surface area contributed by atoms with E-state index in [1.807, 2.05) is 0 Å². The van der Waals surface area contributed by atoms with Crippen LogP contribution in [0.2, 0.25) is 0 Å². The fraction of sp³-hybridized carbons (Fsp3) is 0.556. The second-order valence-corrected chi connectivity index (χ2v) is 6.56. The first kappa shape index (κ1) is 15.7. The van der Waals surface area contributed by atoms with E-state index in [2.05, 4.69) is 18.3 Å². The number of nitriles is 1. The topological polar surface area (TPSA) is 71.4 Å². The number of hydrogen-bond acceptors (Lipinski definition) is 4. The number of carbonyl (C=O) groups excluding carboxylic acids is 1. The van der Waals surface area contributed by atoms with Gasteiger partial charge in [-0.2, -0.15) is 5.26 Å². The Bertz CT molecular complexity index is 638. The van der Waals surface area contributed by atoms with E-state index < -0.39 is 5.54 Å². The van der Waals surface area contributed by atoms with Gasteiger partial charge in [0.1, 0.15) is 5.54 Å². The van der Waals surface area contributed by atoms with Crippen molar-refractivity contribution < 1.29 is 14.3 Å². The molecule has 1 aliphatic carbocycles. The molecule has 5 nitrogen and oxygen atoms in total. The summed E-state index contributed by atoms with van der Waals surface area (Å²) in [6.45, 7) is 3.33. The van der Waals surface area contributed by atoms with Crippen molar-refractivity contribution in [3.63, 3.8) is 0 Å². The quantitative estimate of drug-likeness (QED) is 0.910. The highest BCUT2D eigenvalue weighted by atomic mass is 16.5. The van der Waals surface area contributed by atoms with Gasteiger partial charge in [-0.05, 0) is 43.4 Å². The molecule has 5 heteroatoms. The summed E-state index contributed by atoms with van der Waals surface area (Å²) in [6, 6.07) is 7.52. The lowest BCUT2D eigenvalue weighted by Crippen LogP contribution is -2.50. The van der Waals surface area contributed by atoms with Gasteiger partial charge in [0, 0.05) is 12.0 Å². The molecule has 2 atom stereocenters. The zero-order chi connectivity index (χ0) is 16.3. The predicted octanol–water partition coefficient (Wildman–Crippen LogP) is 3.05. The minimum atomic E-state index is -0.751. The van der Waals surface area contributed by atoms with E-state index in [9.17, 15) is 10.1 Å². The first-order valence-electron chi connectivity index (χ1n) is 8.25. The Morgan fingerprint density at radius 2 is 2.09 bits per heavy atom. The van der Waals surface area contributed by atoms with Gasteiger partial charge in [0.2, 0.25) is 0 Å². The predicted molar refractivity (Wildman–Crippen MR) is 85.5 cm³/mol. The fourth-order valence-corrected chi connectivity index (χ4v) is 3.39. The van der Waals surface area contributed by atoms with Gasteiger partial charge < -0.3 is 14.8 Å². The van der Waals surface area contributed by atoms with Gasteiger partial charge in [-0.3, -0.25) is 4.79 Å². The van der Waals surface area contributed by atoms with Crippen molar-refractivity contribution in [1.29, 1.82) is 5.26 Å². The van der Waals surface area contributed by atoms with E-state index in [0.29, 0.717) is 49.0 Å². The van der Waals surface area contributed by atoms with Crippen LogP contribution in [0.3, 0.4) is 0 Å². The van der Waals surface area contributed by atoms with E-state index in [0.717, 1.165) is 19.3 Å². The van der Waals surface area contributed by atoms with Crippen LogP contribution in [0, 0.1) is 17.2 Å². The molecule has 1 heterocycles. The first-order chi connectivity index (χ1) is 11.1. The summed E-state index contributed by atoms with van der Waals surface area (Å²) in [5, 5.41) is 12.5. The highest BCUT2D eigenvalue weighted by molar-refractivity contribution is 5.95. The molecule has 2 unspecified atom stereocenters. The molecule has 3 rings (SSSR count). The van der Waals surface area contributed by atoms with Gasteiger partial charge in [-0.1, -0.05) is 13.3 Å². The Kier molecular flexibility index (Phi) is 4.42. The van der Waals surface area contributed by atoms with Gasteiger partial charge in [0.05, 0.1) is 19.3 Å². The van der Waals surface area contributed by atoms with Crippen LogP contribution in [0.4, 0.5) is 0 Å². The molecule has 1 amide bonds. The summed E-state index contributed by atoms with van der Waals surface area (Å²) in [5.41, 5.74) is -0.249. The Balaban J connectivity index is 1.78. The number of nitrogens with one attached hydrogen (secondary N) is 1. The average Bonchev–Trinajstić information content (AvgIpc) is 2.79. The number of ether oxygens (including phenoxy) is 2. The molecule has 1 saturated carbocycles. The van der Waals surface area contributed by atoms with Crippen LogP contribution >= 0.6 is 0 Å². The summed E-state index contributed by atoms with van der Waals surface area (Å²) in [7, 11) is 0. The van der Waals surface area contributed by atoms with E-state index in [4.69, 9.17) is 9.47 Å². The molecule has 1 aromatic carbocycles. The average molecular weight is 314 g/mol.